The van der Waals surface area contributed by atoms with Crippen LogP contribution in [0.2, 0.25) is 0 Å². The first-order valence-electron chi connectivity index (χ1n) is 7.28. The fourth-order valence-corrected chi connectivity index (χ4v) is 2.88. The zero-order valence-electron chi connectivity index (χ0n) is 12.7. The number of piperazine rings is 1. The number of fused-ring (bicyclic) bond motifs is 1. The topological polar surface area (TPSA) is 65.8 Å². The molecule has 1 N–H and O–H groups in total. The number of amides is 1. The largest absolute Gasteiger partial charge is 0.477 e. The third-order valence-corrected chi connectivity index (χ3v) is 4.30. The van der Waals surface area contributed by atoms with Crippen LogP contribution < -0.4 is 0 Å². The van der Waals surface area contributed by atoms with Gasteiger partial charge in [-0.3, -0.25) is 4.79 Å². The number of carboxylic acid groups (broad SMARTS) is 1. The Labute approximate surface area is 128 Å². The van der Waals surface area contributed by atoms with Crippen LogP contribution in [0.3, 0.4) is 0 Å². The number of aromatic nitrogens is 1. The van der Waals surface area contributed by atoms with Gasteiger partial charge in [0.2, 0.25) is 0 Å². The van der Waals surface area contributed by atoms with E-state index in [4.69, 9.17) is 0 Å². The Kier molecular flexibility index (Phi) is 3.62. The summed E-state index contributed by atoms with van der Waals surface area (Å²) < 4.78 is 1.63. The van der Waals surface area contributed by atoms with Crippen LogP contribution in [0.1, 0.15) is 20.8 Å². The number of hydrogen-bond donors (Lipinski definition) is 1. The Bertz CT molecular complexity index is 742. The number of rotatable bonds is 2. The number of aromatic carboxylic acids is 1. The number of carbonyl (C=O) groups excluding carboxylic acids is 1. The van der Waals surface area contributed by atoms with E-state index in [9.17, 15) is 14.7 Å². The predicted octanol–water partition coefficient (Wildman–Crippen LogP) is 1.26. The molecule has 1 saturated heterocycles. The Hall–Kier alpha value is -2.34. The zero-order valence-corrected chi connectivity index (χ0v) is 12.7. The van der Waals surface area contributed by atoms with Crippen molar-refractivity contribution < 1.29 is 14.7 Å². The molecule has 1 aromatic heterocycles. The summed E-state index contributed by atoms with van der Waals surface area (Å²) in [5.74, 6) is -0.957. The molecular weight excluding hydrogens is 282 g/mol. The Balaban J connectivity index is 1.91. The van der Waals surface area contributed by atoms with Gasteiger partial charge in [0.25, 0.3) is 5.91 Å². The molecule has 1 amide bonds. The smallest absolute Gasteiger partial charge is 0.352 e. The van der Waals surface area contributed by atoms with Gasteiger partial charge in [0.05, 0.1) is 0 Å². The fraction of sp³-hybridized carbons (Fsp3) is 0.375. The normalized spacial score (nSPS) is 16.2. The van der Waals surface area contributed by atoms with Crippen LogP contribution in [0, 0.1) is 0 Å². The van der Waals surface area contributed by atoms with E-state index in [1.54, 1.807) is 29.8 Å². The van der Waals surface area contributed by atoms with Gasteiger partial charge in [0.1, 0.15) is 5.69 Å². The second-order valence-corrected chi connectivity index (χ2v) is 5.76. The minimum atomic E-state index is -0.967. The second-order valence-electron chi connectivity index (χ2n) is 5.76. The molecule has 22 heavy (non-hydrogen) atoms. The van der Waals surface area contributed by atoms with Crippen LogP contribution in [0.25, 0.3) is 10.9 Å². The lowest BCUT2D eigenvalue weighted by Gasteiger charge is -2.32. The number of hydrogen-bond acceptors (Lipinski definition) is 3. The summed E-state index contributed by atoms with van der Waals surface area (Å²) in [6.45, 7) is 3.20. The molecule has 1 aliphatic rings. The van der Waals surface area contributed by atoms with Crippen LogP contribution in [-0.4, -0.2) is 64.6 Å². The zero-order chi connectivity index (χ0) is 15.9. The molecular formula is C16H19N3O3. The SMILES string of the molecule is CN1CCN(C(=O)c2ccc3c(c2)cc(C(=O)O)n3C)CC1. The number of benzene rings is 1. The van der Waals surface area contributed by atoms with Gasteiger partial charge in [-0.05, 0) is 31.3 Å². The third kappa shape index (κ3) is 2.46. The molecule has 3 rings (SSSR count). The van der Waals surface area contributed by atoms with Crippen molar-refractivity contribution in [3.05, 3.63) is 35.5 Å². The minimum absolute atomic E-state index is 0.00993. The molecule has 0 spiro atoms. The van der Waals surface area contributed by atoms with E-state index in [2.05, 4.69) is 4.90 Å². The van der Waals surface area contributed by atoms with Crippen molar-refractivity contribution in [2.75, 3.05) is 33.2 Å². The van der Waals surface area contributed by atoms with E-state index in [0.717, 1.165) is 37.1 Å². The summed E-state index contributed by atoms with van der Waals surface area (Å²) in [6.07, 6.45) is 0. The quantitative estimate of drug-likeness (QED) is 0.907. The Morgan fingerprint density at radius 3 is 2.36 bits per heavy atom. The highest BCUT2D eigenvalue weighted by Gasteiger charge is 2.21. The molecule has 1 aromatic carbocycles. The highest BCUT2D eigenvalue weighted by atomic mass is 16.4. The maximum atomic E-state index is 12.6. The molecule has 1 fully saturated rings. The summed E-state index contributed by atoms with van der Waals surface area (Å²) in [7, 11) is 3.76. The molecule has 6 nitrogen and oxygen atoms in total. The summed E-state index contributed by atoms with van der Waals surface area (Å²) >= 11 is 0. The van der Waals surface area contributed by atoms with Crippen molar-refractivity contribution >= 4 is 22.8 Å². The average Bonchev–Trinajstić information content (AvgIpc) is 2.84. The van der Waals surface area contributed by atoms with E-state index in [1.165, 1.54) is 0 Å². The number of carboxylic acids is 1. The third-order valence-electron chi connectivity index (χ3n) is 4.30. The molecule has 116 valence electrons. The van der Waals surface area contributed by atoms with Crippen molar-refractivity contribution in [1.29, 1.82) is 0 Å². The van der Waals surface area contributed by atoms with Crippen molar-refractivity contribution in [2.45, 2.75) is 0 Å². The van der Waals surface area contributed by atoms with Crippen LogP contribution in [-0.2, 0) is 7.05 Å². The van der Waals surface area contributed by atoms with Gasteiger partial charge >= 0.3 is 5.97 Å². The first-order valence-corrected chi connectivity index (χ1v) is 7.28. The Morgan fingerprint density at radius 2 is 1.73 bits per heavy atom. The summed E-state index contributed by atoms with van der Waals surface area (Å²) in [5, 5.41) is 9.95. The number of carbonyl (C=O) groups is 2. The second kappa shape index (κ2) is 5.46. The minimum Gasteiger partial charge on any atom is -0.477 e. The van der Waals surface area contributed by atoms with Gasteiger partial charge in [-0.15, -0.1) is 0 Å². The average molecular weight is 301 g/mol. The fourth-order valence-electron chi connectivity index (χ4n) is 2.88. The molecule has 0 saturated carbocycles. The lowest BCUT2D eigenvalue weighted by atomic mass is 10.1. The van der Waals surface area contributed by atoms with Gasteiger partial charge in [-0.1, -0.05) is 0 Å². The standard InChI is InChI=1S/C16H19N3O3/c1-17-5-7-19(8-6-17)15(20)11-3-4-13-12(9-11)10-14(16(21)22)18(13)2/h3-4,9-10H,5-8H2,1-2H3,(H,21,22). The van der Waals surface area contributed by atoms with Crippen molar-refractivity contribution in [1.82, 2.24) is 14.4 Å². The van der Waals surface area contributed by atoms with Crippen molar-refractivity contribution in [2.24, 2.45) is 7.05 Å². The maximum Gasteiger partial charge on any atom is 0.352 e. The van der Waals surface area contributed by atoms with E-state index in [-0.39, 0.29) is 11.6 Å². The molecule has 0 unspecified atom stereocenters. The molecule has 2 aromatic rings. The molecule has 0 aliphatic carbocycles. The van der Waals surface area contributed by atoms with Crippen LogP contribution in [0.5, 0.6) is 0 Å². The number of likely N-dealkylation sites (N-methyl/N-ethyl adjacent to an activating group) is 1. The highest BCUT2D eigenvalue weighted by molar-refractivity contribution is 6.00. The van der Waals surface area contributed by atoms with Gasteiger partial charge in [-0.25, -0.2) is 4.79 Å². The summed E-state index contributed by atoms with van der Waals surface area (Å²) in [5.41, 5.74) is 1.64. The summed E-state index contributed by atoms with van der Waals surface area (Å²) in [6, 6.07) is 6.97. The number of aryl methyl sites for hydroxylation is 1. The van der Waals surface area contributed by atoms with E-state index >= 15 is 0 Å². The molecule has 0 bridgehead atoms. The predicted molar refractivity (Wildman–Crippen MR) is 83.3 cm³/mol. The molecule has 6 heteroatoms. The summed E-state index contributed by atoms with van der Waals surface area (Å²) in [4.78, 5) is 27.8. The van der Waals surface area contributed by atoms with Crippen LogP contribution in [0.4, 0.5) is 0 Å². The van der Waals surface area contributed by atoms with E-state index in [0.29, 0.717) is 5.56 Å². The van der Waals surface area contributed by atoms with Gasteiger partial charge in [-0.2, -0.15) is 0 Å². The van der Waals surface area contributed by atoms with Crippen LogP contribution >= 0.6 is 0 Å². The van der Waals surface area contributed by atoms with Gasteiger partial charge in [0.15, 0.2) is 0 Å². The van der Waals surface area contributed by atoms with Gasteiger partial charge in [0, 0.05) is 49.7 Å². The van der Waals surface area contributed by atoms with Crippen LogP contribution in [0.15, 0.2) is 24.3 Å². The van der Waals surface area contributed by atoms with E-state index in [1.807, 2.05) is 18.0 Å². The van der Waals surface area contributed by atoms with Crippen molar-refractivity contribution in [3.63, 3.8) is 0 Å². The lowest BCUT2D eigenvalue weighted by Crippen LogP contribution is -2.47. The molecule has 2 heterocycles. The maximum absolute atomic E-state index is 12.6. The van der Waals surface area contributed by atoms with Gasteiger partial charge < -0.3 is 19.5 Å². The monoisotopic (exact) mass is 301 g/mol. The molecule has 0 atom stereocenters. The Morgan fingerprint density at radius 1 is 1.05 bits per heavy atom. The van der Waals surface area contributed by atoms with Crippen molar-refractivity contribution in [3.8, 4) is 0 Å². The first-order chi connectivity index (χ1) is 10.5. The lowest BCUT2D eigenvalue weighted by molar-refractivity contribution is 0.0661. The highest BCUT2D eigenvalue weighted by Crippen LogP contribution is 2.21. The van der Waals surface area contributed by atoms with E-state index < -0.39 is 5.97 Å². The molecule has 1 aliphatic heterocycles. The first kappa shape index (κ1) is 14.6. The number of nitrogens with zero attached hydrogens (tertiary/aromatic N) is 3. The molecule has 0 radical (unpaired) electrons.